The normalized spacial score (nSPS) is 14.8. The summed E-state index contributed by atoms with van der Waals surface area (Å²) in [6.45, 7) is 8.74. The van der Waals surface area contributed by atoms with Gasteiger partial charge in [-0.05, 0) is 44.5 Å². The van der Waals surface area contributed by atoms with E-state index in [0.29, 0.717) is 6.04 Å². The molecule has 2 unspecified atom stereocenters. The minimum atomic E-state index is 0.127. The molecule has 0 saturated heterocycles. The summed E-state index contributed by atoms with van der Waals surface area (Å²) in [5, 5.41) is 0. The zero-order valence-electron chi connectivity index (χ0n) is 11.7. The number of halogens is 1. The van der Waals surface area contributed by atoms with E-state index in [9.17, 15) is 0 Å². The molecule has 1 aromatic rings. The van der Waals surface area contributed by atoms with Crippen LogP contribution in [0.25, 0.3) is 0 Å². The molecule has 1 rings (SSSR count). The number of nitrogens with two attached hydrogens (primary N) is 1. The first-order valence-electron chi connectivity index (χ1n) is 6.85. The predicted octanol–water partition coefficient (Wildman–Crippen LogP) is 3.96. The molecule has 3 heteroatoms. The van der Waals surface area contributed by atoms with Crippen LogP contribution in [-0.4, -0.2) is 24.0 Å². The van der Waals surface area contributed by atoms with E-state index in [-0.39, 0.29) is 6.04 Å². The third-order valence-electron chi connectivity index (χ3n) is 3.14. The Morgan fingerprint density at radius 3 is 2.17 bits per heavy atom. The first-order chi connectivity index (χ1) is 8.61. The number of nitrogens with zero attached hydrogens (tertiary/aromatic N) is 1. The van der Waals surface area contributed by atoms with Crippen molar-refractivity contribution < 1.29 is 0 Å². The van der Waals surface area contributed by atoms with E-state index in [1.165, 1.54) is 5.56 Å². The summed E-state index contributed by atoms with van der Waals surface area (Å²) < 4.78 is 1.16. The van der Waals surface area contributed by atoms with Crippen molar-refractivity contribution in [1.29, 1.82) is 0 Å². The van der Waals surface area contributed by atoms with Crippen molar-refractivity contribution >= 4 is 15.9 Å². The molecule has 2 atom stereocenters. The zero-order valence-corrected chi connectivity index (χ0v) is 13.3. The molecule has 0 aliphatic carbocycles. The molecule has 0 aliphatic heterocycles. The van der Waals surface area contributed by atoms with Gasteiger partial charge in [-0.25, -0.2) is 0 Å². The molecule has 1 aromatic carbocycles. The van der Waals surface area contributed by atoms with Crippen molar-refractivity contribution in [2.24, 2.45) is 5.73 Å². The monoisotopic (exact) mass is 312 g/mol. The number of rotatable bonds is 7. The SMILES string of the molecule is CCCN(CCC)C(c1ccccc1Br)C(C)N. The molecule has 0 saturated carbocycles. The van der Waals surface area contributed by atoms with Gasteiger partial charge in [-0.3, -0.25) is 4.90 Å². The first kappa shape index (κ1) is 15.7. The van der Waals surface area contributed by atoms with Crippen LogP contribution in [0, 0.1) is 0 Å². The second-order valence-corrected chi connectivity index (χ2v) is 5.72. The fourth-order valence-electron chi connectivity index (χ4n) is 2.49. The molecule has 0 aromatic heterocycles. The van der Waals surface area contributed by atoms with Crippen LogP contribution in [0.5, 0.6) is 0 Å². The van der Waals surface area contributed by atoms with Gasteiger partial charge in [0.05, 0.1) is 6.04 Å². The Morgan fingerprint density at radius 2 is 1.72 bits per heavy atom. The van der Waals surface area contributed by atoms with Gasteiger partial charge < -0.3 is 5.73 Å². The van der Waals surface area contributed by atoms with E-state index < -0.39 is 0 Å². The lowest BCUT2D eigenvalue weighted by Crippen LogP contribution is -2.40. The van der Waals surface area contributed by atoms with Crippen LogP contribution in [0.3, 0.4) is 0 Å². The van der Waals surface area contributed by atoms with E-state index in [1.54, 1.807) is 0 Å². The molecule has 0 bridgehead atoms. The third-order valence-corrected chi connectivity index (χ3v) is 3.86. The van der Waals surface area contributed by atoms with E-state index in [2.05, 4.69) is 65.9 Å². The largest absolute Gasteiger partial charge is 0.326 e. The maximum absolute atomic E-state index is 6.24. The van der Waals surface area contributed by atoms with Crippen LogP contribution in [0.2, 0.25) is 0 Å². The first-order valence-corrected chi connectivity index (χ1v) is 7.65. The Kier molecular flexibility index (Phi) is 6.90. The Morgan fingerprint density at radius 1 is 1.17 bits per heavy atom. The van der Waals surface area contributed by atoms with Crippen molar-refractivity contribution in [2.75, 3.05) is 13.1 Å². The summed E-state index contributed by atoms with van der Waals surface area (Å²) >= 11 is 3.65. The van der Waals surface area contributed by atoms with Crippen molar-refractivity contribution in [1.82, 2.24) is 4.90 Å². The van der Waals surface area contributed by atoms with Gasteiger partial charge in [0.1, 0.15) is 0 Å². The van der Waals surface area contributed by atoms with Gasteiger partial charge in [-0.15, -0.1) is 0 Å². The molecule has 2 N–H and O–H groups in total. The summed E-state index contributed by atoms with van der Waals surface area (Å²) in [5.74, 6) is 0. The average Bonchev–Trinajstić information content (AvgIpc) is 2.32. The quantitative estimate of drug-likeness (QED) is 0.825. The van der Waals surface area contributed by atoms with Crippen LogP contribution < -0.4 is 5.73 Å². The van der Waals surface area contributed by atoms with Gasteiger partial charge in [-0.2, -0.15) is 0 Å². The van der Waals surface area contributed by atoms with Crippen LogP contribution in [0.1, 0.15) is 45.2 Å². The van der Waals surface area contributed by atoms with Crippen molar-refractivity contribution in [3.63, 3.8) is 0 Å². The zero-order chi connectivity index (χ0) is 13.5. The summed E-state index contributed by atoms with van der Waals surface area (Å²) in [6, 6.07) is 8.83. The van der Waals surface area contributed by atoms with Gasteiger partial charge in [0.15, 0.2) is 0 Å². The standard InChI is InChI=1S/C15H25BrN2/c1-4-10-18(11-5-2)15(12(3)17)13-8-6-7-9-14(13)16/h6-9,12,15H,4-5,10-11,17H2,1-3H3. The second kappa shape index (κ2) is 7.93. The van der Waals surface area contributed by atoms with Gasteiger partial charge in [-0.1, -0.05) is 48.0 Å². The van der Waals surface area contributed by atoms with E-state index in [4.69, 9.17) is 5.73 Å². The Hall–Kier alpha value is -0.380. The summed E-state index contributed by atoms with van der Waals surface area (Å²) in [4.78, 5) is 2.50. The lowest BCUT2D eigenvalue weighted by atomic mass is 9.98. The molecular formula is C15H25BrN2. The van der Waals surface area contributed by atoms with Gasteiger partial charge in [0, 0.05) is 10.5 Å². The number of hydrogen-bond donors (Lipinski definition) is 1. The van der Waals surface area contributed by atoms with Crippen LogP contribution in [0.4, 0.5) is 0 Å². The van der Waals surface area contributed by atoms with Crippen LogP contribution >= 0.6 is 15.9 Å². The molecule has 0 aliphatic rings. The Bertz CT molecular complexity index is 346. The fourth-order valence-corrected chi connectivity index (χ4v) is 3.01. The summed E-state index contributed by atoms with van der Waals surface area (Å²) in [6.07, 6.45) is 2.32. The van der Waals surface area contributed by atoms with Crippen LogP contribution in [-0.2, 0) is 0 Å². The molecule has 0 heterocycles. The van der Waals surface area contributed by atoms with Crippen molar-refractivity contribution in [2.45, 2.75) is 45.7 Å². The maximum atomic E-state index is 6.24. The summed E-state index contributed by atoms with van der Waals surface area (Å²) in [7, 11) is 0. The highest BCUT2D eigenvalue weighted by Gasteiger charge is 2.24. The molecule has 0 radical (unpaired) electrons. The maximum Gasteiger partial charge on any atom is 0.0507 e. The van der Waals surface area contributed by atoms with Gasteiger partial charge in [0.25, 0.3) is 0 Å². The minimum Gasteiger partial charge on any atom is -0.326 e. The summed E-state index contributed by atoms with van der Waals surface area (Å²) in [5.41, 5.74) is 7.54. The van der Waals surface area contributed by atoms with E-state index >= 15 is 0 Å². The molecule has 0 fully saturated rings. The lowest BCUT2D eigenvalue weighted by molar-refractivity contribution is 0.176. The smallest absolute Gasteiger partial charge is 0.0507 e. The highest BCUT2D eigenvalue weighted by atomic mass is 79.9. The Balaban J connectivity index is 3.03. The minimum absolute atomic E-state index is 0.127. The van der Waals surface area contributed by atoms with Gasteiger partial charge in [0.2, 0.25) is 0 Å². The number of hydrogen-bond acceptors (Lipinski definition) is 2. The van der Waals surface area contributed by atoms with Crippen molar-refractivity contribution in [3.05, 3.63) is 34.3 Å². The van der Waals surface area contributed by atoms with Crippen LogP contribution in [0.15, 0.2) is 28.7 Å². The molecule has 18 heavy (non-hydrogen) atoms. The predicted molar refractivity (Wildman–Crippen MR) is 82.7 cm³/mol. The van der Waals surface area contributed by atoms with E-state index in [1.807, 2.05) is 0 Å². The van der Waals surface area contributed by atoms with Gasteiger partial charge >= 0.3 is 0 Å². The molecule has 2 nitrogen and oxygen atoms in total. The molecule has 0 amide bonds. The topological polar surface area (TPSA) is 29.3 Å². The molecular weight excluding hydrogens is 288 g/mol. The fraction of sp³-hybridized carbons (Fsp3) is 0.600. The highest BCUT2D eigenvalue weighted by molar-refractivity contribution is 9.10. The van der Waals surface area contributed by atoms with E-state index in [0.717, 1.165) is 30.4 Å². The second-order valence-electron chi connectivity index (χ2n) is 4.86. The van der Waals surface area contributed by atoms with Crippen molar-refractivity contribution in [3.8, 4) is 0 Å². The highest BCUT2D eigenvalue weighted by Crippen LogP contribution is 2.30. The molecule has 102 valence electrons. The average molecular weight is 313 g/mol. The lowest BCUT2D eigenvalue weighted by Gasteiger charge is -2.35. The Labute approximate surface area is 120 Å². The molecule has 0 spiro atoms. The number of benzene rings is 1. The third kappa shape index (κ3) is 4.08.